The second-order valence-corrected chi connectivity index (χ2v) is 5.48. The van der Waals surface area contributed by atoms with Gasteiger partial charge in [0.2, 0.25) is 5.76 Å². The lowest BCUT2D eigenvalue weighted by Crippen LogP contribution is -1.97. The Morgan fingerprint density at radius 1 is 1.44 bits per heavy atom. The molecule has 1 aromatic heterocycles. The summed E-state index contributed by atoms with van der Waals surface area (Å²) >= 11 is 4.84. The number of aromatic carboxylic acids is 1. The van der Waals surface area contributed by atoms with Crippen molar-refractivity contribution in [3.63, 3.8) is 0 Å². The largest absolute Gasteiger partial charge is 0.475 e. The molecule has 0 radical (unpaired) electrons. The van der Waals surface area contributed by atoms with E-state index in [2.05, 4.69) is 15.9 Å². The molecule has 6 heteroatoms. The van der Waals surface area contributed by atoms with Gasteiger partial charge in [-0.05, 0) is 24.3 Å². The van der Waals surface area contributed by atoms with Crippen LogP contribution in [0.15, 0.2) is 44.3 Å². The average Bonchev–Trinajstić information content (AvgIpc) is 2.79. The molecule has 94 valence electrons. The number of furan rings is 1. The highest BCUT2D eigenvalue weighted by Gasteiger charge is 2.14. The minimum absolute atomic E-state index is 0.0175. The lowest BCUT2D eigenvalue weighted by atomic mass is 10.3. The van der Waals surface area contributed by atoms with Crippen LogP contribution in [0.1, 0.15) is 16.1 Å². The predicted octanol–water partition coefficient (Wildman–Crippen LogP) is 3.61. The van der Waals surface area contributed by atoms with Crippen molar-refractivity contribution in [3.8, 4) is 0 Å². The number of carboxylic acid groups (broad SMARTS) is 1. The fourth-order valence-corrected chi connectivity index (χ4v) is 2.92. The Morgan fingerprint density at radius 2 is 2.22 bits per heavy atom. The molecule has 2 rings (SSSR count). The van der Waals surface area contributed by atoms with E-state index in [4.69, 9.17) is 15.3 Å². The molecule has 1 heterocycles. The summed E-state index contributed by atoms with van der Waals surface area (Å²) in [5, 5.41) is 8.92. The lowest BCUT2D eigenvalue weighted by Gasteiger charge is -2.05. The van der Waals surface area contributed by atoms with Crippen LogP contribution in [0.25, 0.3) is 0 Å². The standard InChI is InChI=1S/C12H10BrNO3S/c13-8-1-2-9(14)10(5-8)18-6-7-3-4-17-11(7)12(15)16/h1-5H,6,14H2,(H,15,16). The van der Waals surface area contributed by atoms with Crippen LogP contribution < -0.4 is 5.73 Å². The third-order valence-electron chi connectivity index (χ3n) is 2.30. The van der Waals surface area contributed by atoms with Crippen LogP contribution in [-0.4, -0.2) is 11.1 Å². The van der Waals surface area contributed by atoms with Crippen molar-refractivity contribution < 1.29 is 14.3 Å². The van der Waals surface area contributed by atoms with Gasteiger partial charge in [0.25, 0.3) is 0 Å². The zero-order valence-corrected chi connectivity index (χ0v) is 11.6. The molecule has 3 N–H and O–H groups in total. The van der Waals surface area contributed by atoms with Crippen molar-refractivity contribution in [1.29, 1.82) is 0 Å². The monoisotopic (exact) mass is 327 g/mol. The number of hydrogen-bond donors (Lipinski definition) is 2. The van der Waals surface area contributed by atoms with Crippen LogP contribution in [0.4, 0.5) is 5.69 Å². The van der Waals surface area contributed by atoms with Crippen molar-refractivity contribution >= 4 is 39.3 Å². The van der Waals surface area contributed by atoms with Crippen LogP contribution in [0.2, 0.25) is 0 Å². The molecule has 18 heavy (non-hydrogen) atoms. The second-order valence-electron chi connectivity index (χ2n) is 3.55. The molecule has 0 atom stereocenters. The van der Waals surface area contributed by atoms with Crippen LogP contribution in [0.5, 0.6) is 0 Å². The van der Waals surface area contributed by atoms with Gasteiger partial charge < -0.3 is 15.3 Å². The number of anilines is 1. The van der Waals surface area contributed by atoms with Crippen LogP contribution >= 0.6 is 27.7 Å². The predicted molar refractivity (Wildman–Crippen MR) is 73.8 cm³/mol. The van der Waals surface area contributed by atoms with E-state index < -0.39 is 5.97 Å². The highest BCUT2D eigenvalue weighted by molar-refractivity contribution is 9.10. The van der Waals surface area contributed by atoms with Crippen molar-refractivity contribution in [2.45, 2.75) is 10.6 Å². The number of thioether (sulfide) groups is 1. The minimum Gasteiger partial charge on any atom is -0.475 e. The topological polar surface area (TPSA) is 76.5 Å². The van der Waals surface area contributed by atoms with E-state index in [0.29, 0.717) is 17.0 Å². The molecule has 0 unspecified atom stereocenters. The Morgan fingerprint density at radius 3 is 2.94 bits per heavy atom. The molecule has 0 aliphatic heterocycles. The van der Waals surface area contributed by atoms with Gasteiger partial charge in [0.15, 0.2) is 0 Å². The first-order valence-electron chi connectivity index (χ1n) is 5.05. The Balaban J connectivity index is 2.14. The quantitative estimate of drug-likeness (QED) is 0.662. The van der Waals surface area contributed by atoms with Crippen molar-refractivity contribution in [1.82, 2.24) is 0 Å². The lowest BCUT2D eigenvalue weighted by molar-refractivity contribution is 0.0661. The zero-order chi connectivity index (χ0) is 13.1. The smallest absolute Gasteiger partial charge is 0.372 e. The van der Waals surface area contributed by atoms with E-state index in [0.717, 1.165) is 9.37 Å². The Hall–Kier alpha value is -1.40. The van der Waals surface area contributed by atoms with E-state index in [1.54, 1.807) is 12.1 Å². The summed E-state index contributed by atoms with van der Waals surface area (Å²) in [7, 11) is 0. The van der Waals surface area contributed by atoms with Gasteiger partial charge in [-0.15, -0.1) is 11.8 Å². The van der Waals surface area contributed by atoms with Crippen LogP contribution in [-0.2, 0) is 5.75 Å². The van der Waals surface area contributed by atoms with Gasteiger partial charge in [0, 0.05) is 26.4 Å². The number of benzene rings is 1. The second kappa shape index (κ2) is 5.49. The third-order valence-corrected chi connectivity index (χ3v) is 3.91. The maximum Gasteiger partial charge on any atom is 0.372 e. The maximum atomic E-state index is 10.9. The zero-order valence-electron chi connectivity index (χ0n) is 9.22. The first-order valence-corrected chi connectivity index (χ1v) is 6.83. The Kier molecular flexibility index (Phi) is 3.98. The fraction of sp³-hybridized carbons (Fsp3) is 0.0833. The fourth-order valence-electron chi connectivity index (χ4n) is 1.43. The van der Waals surface area contributed by atoms with Gasteiger partial charge in [-0.1, -0.05) is 15.9 Å². The van der Waals surface area contributed by atoms with Gasteiger partial charge in [-0.25, -0.2) is 4.79 Å². The summed E-state index contributed by atoms with van der Waals surface area (Å²) in [4.78, 5) is 11.8. The van der Waals surface area contributed by atoms with E-state index in [1.807, 2.05) is 12.1 Å². The molecule has 0 amide bonds. The molecular formula is C12H10BrNO3S. The maximum absolute atomic E-state index is 10.9. The number of rotatable bonds is 4. The van der Waals surface area contributed by atoms with E-state index in [1.165, 1.54) is 18.0 Å². The number of nitrogens with two attached hydrogens (primary N) is 1. The van der Waals surface area contributed by atoms with E-state index in [9.17, 15) is 4.79 Å². The first kappa shape index (κ1) is 13.0. The van der Waals surface area contributed by atoms with Gasteiger partial charge in [0.05, 0.1) is 6.26 Å². The van der Waals surface area contributed by atoms with E-state index in [-0.39, 0.29) is 5.76 Å². The van der Waals surface area contributed by atoms with Crippen LogP contribution in [0, 0.1) is 0 Å². The summed E-state index contributed by atoms with van der Waals surface area (Å²) in [5.74, 6) is -0.576. The van der Waals surface area contributed by atoms with E-state index >= 15 is 0 Å². The van der Waals surface area contributed by atoms with Crippen LogP contribution in [0.3, 0.4) is 0 Å². The summed E-state index contributed by atoms with van der Waals surface area (Å²) in [6.45, 7) is 0. The highest BCUT2D eigenvalue weighted by Crippen LogP contribution is 2.31. The molecule has 0 saturated heterocycles. The molecule has 0 saturated carbocycles. The Labute approximate surface area is 116 Å². The molecule has 0 aliphatic rings. The van der Waals surface area contributed by atoms with Gasteiger partial charge in [-0.2, -0.15) is 0 Å². The van der Waals surface area contributed by atoms with Gasteiger partial charge in [0.1, 0.15) is 0 Å². The number of carbonyl (C=O) groups is 1. The molecule has 0 fully saturated rings. The summed E-state index contributed by atoms with van der Waals surface area (Å²) in [5.41, 5.74) is 7.16. The summed E-state index contributed by atoms with van der Waals surface area (Å²) in [6, 6.07) is 7.23. The number of nitrogen functional groups attached to an aromatic ring is 1. The summed E-state index contributed by atoms with van der Waals surface area (Å²) < 4.78 is 5.85. The molecular weight excluding hydrogens is 318 g/mol. The van der Waals surface area contributed by atoms with Gasteiger partial charge in [-0.3, -0.25) is 0 Å². The first-order chi connectivity index (χ1) is 8.58. The molecule has 2 aromatic rings. The molecule has 0 spiro atoms. The van der Waals surface area contributed by atoms with Crippen molar-refractivity contribution in [2.24, 2.45) is 0 Å². The SMILES string of the molecule is Nc1ccc(Br)cc1SCc1ccoc1C(=O)O. The average molecular weight is 328 g/mol. The normalized spacial score (nSPS) is 10.5. The highest BCUT2D eigenvalue weighted by atomic mass is 79.9. The van der Waals surface area contributed by atoms with Crippen molar-refractivity contribution in [3.05, 3.63) is 46.3 Å². The number of carboxylic acids is 1. The summed E-state index contributed by atoms with van der Waals surface area (Å²) in [6.07, 6.45) is 1.38. The number of hydrogen-bond acceptors (Lipinski definition) is 4. The van der Waals surface area contributed by atoms with Gasteiger partial charge >= 0.3 is 5.97 Å². The minimum atomic E-state index is -1.06. The van der Waals surface area contributed by atoms with Crippen molar-refractivity contribution in [2.75, 3.05) is 5.73 Å². The molecule has 4 nitrogen and oxygen atoms in total. The third kappa shape index (κ3) is 2.88. The molecule has 0 bridgehead atoms. The molecule has 0 aliphatic carbocycles. The Bertz CT molecular complexity index is 582. The number of halogens is 1. The molecule has 1 aromatic carbocycles.